The zero-order chi connectivity index (χ0) is 19.9. The van der Waals surface area contributed by atoms with Gasteiger partial charge < -0.3 is 25.2 Å². The molecule has 1 aromatic carbocycles. The fourth-order valence-electron chi connectivity index (χ4n) is 3.26. The zero-order valence-electron chi connectivity index (χ0n) is 16.1. The van der Waals surface area contributed by atoms with E-state index >= 15 is 0 Å². The number of aliphatic hydroxyl groups excluding tert-OH is 1. The van der Waals surface area contributed by atoms with Crippen LogP contribution in [-0.2, 0) is 20.9 Å². The molecule has 0 bridgehead atoms. The Morgan fingerprint density at radius 2 is 1.96 bits per heavy atom. The molecule has 0 spiro atoms. The summed E-state index contributed by atoms with van der Waals surface area (Å²) in [6.45, 7) is 0.139. The Labute approximate surface area is 165 Å². The maximum atomic E-state index is 12.3. The number of amides is 2. The normalized spacial score (nSPS) is 23.9. The van der Waals surface area contributed by atoms with E-state index < -0.39 is 12.2 Å². The van der Waals surface area contributed by atoms with Crippen molar-refractivity contribution in [1.29, 1.82) is 0 Å². The van der Waals surface area contributed by atoms with Gasteiger partial charge in [0.25, 0.3) is 0 Å². The summed E-state index contributed by atoms with van der Waals surface area (Å²) in [5.74, 6) is 1.04. The second-order valence-corrected chi connectivity index (χ2v) is 7.31. The van der Waals surface area contributed by atoms with Crippen molar-refractivity contribution in [3.05, 3.63) is 42.0 Å². The highest BCUT2D eigenvalue weighted by Gasteiger charge is 2.31. The first-order valence-electron chi connectivity index (χ1n) is 9.71. The van der Waals surface area contributed by atoms with E-state index in [1.165, 1.54) is 0 Å². The predicted molar refractivity (Wildman–Crippen MR) is 104 cm³/mol. The van der Waals surface area contributed by atoms with E-state index in [2.05, 4.69) is 10.6 Å². The molecule has 3 atom stereocenters. The van der Waals surface area contributed by atoms with Gasteiger partial charge in [0, 0.05) is 18.5 Å². The SMILES string of the molecule is COc1ccccc1CNC(=O)C[C@H]1C=C[C@H](NC(=O)CC2CC2)[C@H](CO)O1. The van der Waals surface area contributed by atoms with E-state index in [1.807, 2.05) is 30.3 Å². The molecule has 1 heterocycles. The molecule has 28 heavy (non-hydrogen) atoms. The van der Waals surface area contributed by atoms with Gasteiger partial charge in [-0.25, -0.2) is 0 Å². The summed E-state index contributed by atoms with van der Waals surface area (Å²) < 4.78 is 11.1. The van der Waals surface area contributed by atoms with Gasteiger partial charge in [-0.05, 0) is 24.8 Å². The second kappa shape index (κ2) is 9.71. The van der Waals surface area contributed by atoms with Crippen LogP contribution in [0.3, 0.4) is 0 Å². The molecular formula is C21H28N2O5. The lowest BCUT2D eigenvalue weighted by Gasteiger charge is -2.31. The predicted octanol–water partition coefficient (Wildman–Crippen LogP) is 1.30. The molecule has 0 aromatic heterocycles. The number of ether oxygens (including phenoxy) is 2. The molecule has 0 radical (unpaired) electrons. The summed E-state index contributed by atoms with van der Waals surface area (Å²) in [4.78, 5) is 24.3. The van der Waals surface area contributed by atoms with Gasteiger partial charge in [0.05, 0.1) is 32.3 Å². The minimum absolute atomic E-state index is 0.0211. The first-order chi connectivity index (χ1) is 13.6. The Morgan fingerprint density at radius 3 is 2.68 bits per heavy atom. The largest absolute Gasteiger partial charge is 0.496 e. The number of carbonyl (C=O) groups is 2. The quantitative estimate of drug-likeness (QED) is 0.554. The average Bonchev–Trinajstić information content (AvgIpc) is 3.51. The molecule has 1 saturated carbocycles. The standard InChI is InChI=1S/C21H28N2O5/c1-27-18-5-3-2-4-15(18)12-22-20(25)11-16-8-9-17(19(13-24)28-16)23-21(26)10-14-6-7-14/h2-5,8-9,14,16-17,19,24H,6-7,10-13H2,1H3,(H,22,25)(H,23,26)/t16-,17+,19+/m1/s1. The van der Waals surface area contributed by atoms with Crippen LogP contribution >= 0.6 is 0 Å². The molecule has 1 aliphatic heterocycles. The number of hydrogen-bond acceptors (Lipinski definition) is 5. The number of methoxy groups -OCH3 is 1. The molecular weight excluding hydrogens is 360 g/mol. The van der Waals surface area contributed by atoms with Crippen LogP contribution in [0, 0.1) is 5.92 Å². The third-order valence-corrected chi connectivity index (χ3v) is 5.02. The number of rotatable bonds is 9. The lowest BCUT2D eigenvalue weighted by atomic mass is 10.0. The van der Waals surface area contributed by atoms with Crippen LogP contribution in [-0.4, -0.2) is 48.9 Å². The summed E-state index contributed by atoms with van der Waals surface area (Å²) >= 11 is 0. The van der Waals surface area contributed by atoms with Crippen LogP contribution in [0.4, 0.5) is 0 Å². The average molecular weight is 388 g/mol. The van der Waals surface area contributed by atoms with Crippen LogP contribution in [0.1, 0.15) is 31.2 Å². The lowest BCUT2D eigenvalue weighted by Crippen LogP contribution is -2.49. The fourth-order valence-corrected chi connectivity index (χ4v) is 3.26. The minimum Gasteiger partial charge on any atom is -0.496 e. The molecule has 7 heteroatoms. The van der Waals surface area contributed by atoms with E-state index in [4.69, 9.17) is 9.47 Å². The highest BCUT2D eigenvalue weighted by atomic mass is 16.5. The van der Waals surface area contributed by atoms with Crippen molar-refractivity contribution in [2.24, 2.45) is 5.92 Å². The van der Waals surface area contributed by atoms with Gasteiger partial charge >= 0.3 is 0 Å². The summed E-state index contributed by atoms with van der Waals surface area (Å²) in [6, 6.07) is 7.13. The van der Waals surface area contributed by atoms with E-state index in [0.717, 1.165) is 24.2 Å². The zero-order valence-corrected chi connectivity index (χ0v) is 16.1. The van der Waals surface area contributed by atoms with Crippen LogP contribution in [0.25, 0.3) is 0 Å². The lowest BCUT2D eigenvalue weighted by molar-refractivity contribution is -0.128. The summed E-state index contributed by atoms with van der Waals surface area (Å²) in [5, 5.41) is 15.4. The fraction of sp³-hybridized carbons (Fsp3) is 0.524. The molecule has 3 rings (SSSR count). The molecule has 1 aromatic rings. The summed E-state index contributed by atoms with van der Waals surface area (Å²) in [5.41, 5.74) is 0.894. The van der Waals surface area contributed by atoms with Crippen molar-refractivity contribution >= 4 is 11.8 Å². The Bertz CT molecular complexity index is 717. The third kappa shape index (κ3) is 5.81. The van der Waals surface area contributed by atoms with Crippen molar-refractivity contribution in [1.82, 2.24) is 10.6 Å². The molecule has 1 aliphatic carbocycles. The van der Waals surface area contributed by atoms with Gasteiger partial charge in [-0.2, -0.15) is 0 Å². The number of para-hydroxylation sites is 1. The van der Waals surface area contributed by atoms with Crippen LogP contribution in [0.2, 0.25) is 0 Å². The van der Waals surface area contributed by atoms with Gasteiger partial charge in [-0.3, -0.25) is 9.59 Å². The van der Waals surface area contributed by atoms with Crippen molar-refractivity contribution in [2.75, 3.05) is 13.7 Å². The van der Waals surface area contributed by atoms with Gasteiger partial charge in [0.15, 0.2) is 0 Å². The van der Waals surface area contributed by atoms with Crippen LogP contribution < -0.4 is 15.4 Å². The molecule has 2 aliphatic rings. The van der Waals surface area contributed by atoms with Crippen molar-refractivity contribution in [3.8, 4) is 5.75 Å². The highest BCUT2D eigenvalue weighted by molar-refractivity contribution is 5.77. The van der Waals surface area contributed by atoms with E-state index in [0.29, 0.717) is 18.9 Å². The third-order valence-electron chi connectivity index (χ3n) is 5.02. The van der Waals surface area contributed by atoms with E-state index in [1.54, 1.807) is 13.2 Å². The number of nitrogens with one attached hydrogen (secondary N) is 2. The topological polar surface area (TPSA) is 96.9 Å². The van der Waals surface area contributed by atoms with E-state index in [9.17, 15) is 14.7 Å². The van der Waals surface area contributed by atoms with Gasteiger partial charge in [-0.1, -0.05) is 30.4 Å². The Kier molecular flexibility index (Phi) is 7.06. The van der Waals surface area contributed by atoms with Gasteiger partial charge in [0.2, 0.25) is 11.8 Å². The number of hydrogen-bond donors (Lipinski definition) is 3. The van der Waals surface area contributed by atoms with Gasteiger partial charge in [0.1, 0.15) is 11.9 Å². The minimum atomic E-state index is -0.555. The van der Waals surface area contributed by atoms with Crippen molar-refractivity contribution in [3.63, 3.8) is 0 Å². The number of carbonyl (C=O) groups excluding carboxylic acids is 2. The Balaban J connectivity index is 1.48. The molecule has 1 fully saturated rings. The van der Waals surface area contributed by atoms with Crippen LogP contribution in [0.15, 0.2) is 36.4 Å². The van der Waals surface area contributed by atoms with Gasteiger partial charge in [-0.15, -0.1) is 0 Å². The summed E-state index contributed by atoms with van der Waals surface area (Å²) in [7, 11) is 1.59. The smallest absolute Gasteiger partial charge is 0.223 e. The summed E-state index contributed by atoms with van der Waals surface area (Å²) in [6.07, 6.45) is 5.48. The second-order valence-electron chi connectivity index (χ2n) is 7.31. The monoisotopic (exact) mass is 388 g/mol. The molecule has 7 nitrogen and oxygen atoms in total. The van der Waals surface area contributed by atoms with Crippen molar-refractivity contribution < 1.29 is 24.2 Å². The molecule has 0 unspecified atom stereocenters. The van der Waals surface area contributed by atoms with Crippen molar-refractivity contribution in [2.45, 2.75) is 50.5 Å². The van der Waals surface area contributed by atoms with Crippen LogP contribution in [0.5, 0.6) is 5.75 Å². The first kappa shape index (κ1) is 20.4. The highest BCUT2D eigenvalue weighted by Crippen LogP contribution is 2.32. The first-order valence-corrected chi connectivity index (χ1v) is 9.71. The molecule has 3 N–H and O–H groups in total. The number of aliphatic hydroxyl groups is 1. The van der Waals surface area contributed by atoms with E-state index in [-0.39, 0.29) is 30.9 Å². The maximum absolute atomic E-state index is 12.3. The molecule has 152 valence electrons. The molecule has 2 amide bonds. The number of benzene rings is 1. The maximum Gasteiger partial charge on any atom is 0.223 e. The Morgan fingerprint density at radius 1 is 1.18 bits per heavy atom. The molecule has 0 saturated heterocycles. The Hall–Kier alpha value is -2.38.